The molecule has 1 unspecified atom stereocenters. The first-order chi connectivity index (χ1) is 16.7. The topological polar surface area (TPSA) is 106 Å². The van der Waals surface area contributed by atoms with Gasteiger partial charge in [0, 0.05) is 19.7 Å². The minimum absolute atomic E-state index is 0.234. The zero-order chi connectivity index (χ0) is 25.8. The molecule has 0 aliphatic carbocycles. The molecular formula is C21H23Cl2F2N9O. The number of likely N-dealkylation sites (N-methyl/N-ethyl adjacent to an activating group) is 1. The Labute approximate surface area is 209 Å². The Balaban J connectivity index is 0.000000186. The molecule has 0 saturated heterocycles. The Hall–Kier alpha value is -3.38. The van der Waals surface area contributed by atoms with Gasteiger partial charge in [-0.3, -0.25) is 4.79 Å². The van der Waals surface area contributed by atoms with Crippen molar-refractivity contribution < 1.29 is 13.6 Å². The SMILES string of the molecule is CC.CN1CC(C)(C(F)F)c2c1cnc1cc(Cl)nn21.O=CNc1cnc(-n2nccn2)c(Cl)c1. The number of carbonyl (C=O) groups excluding carboxylic acids is 1. The first-order valence-corrected chi connectivity index (χ1v) is 11.3. The van der Waals surface area contributed by atoms with Crippen LogP contribution in [0, 0.1) is 0 Å². The maximum atomic E-state index is 13.4. The number of aromatic nitrogens is 7. The summed E-state index contributed by atoms with van der Waals surface area (Å²) in [7, 11) is 1.77. The minimum Gasteiger partial charge on any atom is -0.371 e. The number of carbonyl (C=O) groups is 1. The molecule has 0 radical (unpaired) electrons. The van der Waals surface area contributed by atoms with Crippen LogP contribution in [0.4, 0.5) is 20.2 Å². The average molecular weight is 526 g/mol. The van der Waals surface area contributed by atoms with Crippen LogP contribution in [0.1, 0.15) is 26.5 Å². The predicted molar refractivity (Wildman–Crippen MR) is 130 cm³/mol. The summed E-state index contributed by atoms with van der Waals surface area (Å²) in [6.45, 7) is 5.77. The molecule has 4 aromatic rings. The molecule has 14 heteroatoms. The van der Waals surface area contributed by atoms with E-state index in [0.717, 1.165) is 0 Å². The van der Waals surface area contributed by atoms with E-state index in [-0.39, 0.29) is 11.7 Å². The zero-order valence-corrected chi connectivity index (χ0v) is 20.8. The van der Waals surface area contributed by atoms with E-state index in [0.29, 0.717) is 40.0 Å². The lowest BCUT2D eigenvalue weighted by molar-refractivity contribution is -0.105. The van der Waals surface area contributed by atoms with Crippen LogP contribution in [0.2, 0.25) is 10.2 Å². The van der Waals surface area contributed by atoms with Gasteiger partial charge in [-0.1, -0.05) is 37.0 Å². The summed E-state index contributed by atoms with van der Waals surface area (Å²) >= 11 is 11.8. The molecule has 0 bridgehead atoms. The Morgan fingerprint density at radius 2 is 1.83 bits per heavy atom. The summed E-state index contributed by atoms with van der Waals surface area (Å²) < 4.78 is 28.2. The second-order valence-electron chi connectivity index (χ2n) is 7.41. The molecule has 1 aliphatic heterocycles. The van der Waals surface area contributed by atoms with Gasteiger partial charge in [0.2, 0.25) is 6.41 Å². The van der Waals surface area contributed by atoms with Crippen molar-refractivity contribution in [3.63, 3.8) is 0 Å². The van der Waals surface area contributed by atoms with Crippen LogP contribution in [0.3, 0.4) is 0 Å². The quantitative estimate of drug-likeness (QED) is 0.396. The van der Waals surface area contributed by atoms with Gasteiger partial charge in [-0.25, -0.2) is 23.3 Å². The lowest BCUT2D eigenvalue weighted by Crippen LogP contribution is -2.36. The minimum atomic E-state index is -2.48. The average Bonchev–Trinajstić information content (AvgIpc) is 3.54. The van der Waals surface area contributed by atoms with E-state index in [1.165, 1.54) is 34.8 Å². The smallest absolute Gasteiger partial charge is 0.251 e. The van der Waals surface area contributed by atoms with E-state index in [1.54, 1.807) is 30.3 Å². The van der Waals surface area contributed by atoms with Gasteiger partial charge < -0.3 is 10.2 Å². The highest BCUT2D eigenvalue weighted by Gasteiger charge is 2.47. The molecule has 1 amide bonds. The van der Waals surface area contributed by atoms with Crippen molar-refractivity contribution >= 4 is 46.6 Å². The molecule has 0 fully saturated rings. The Bertz CT molecular complexity index is 1300. The lowest BCUT2D eigenvalue weighted by atomic mass is 9.89. The second kappa shape index (κ2) is 10.9. The van der Waals surface area contributed by atoms with Gasteiger partial charge in [0.1, 0.15) is 0 Å². The third-order valence-electron chi connectivity index (χ3n) is 5.09. The third kappa shape index (κ3) is 5.17. The fourth-order valence-corrected chi connectivity index (χ4v) is 4.00. The van der Waals surface area contributed by atoms with Crippen molar-refractivity contribution in [3.8, 4) is 5.82 Å². The Morgan fingerprint density at radius 1 is 1.14 bits per heavy atom. The molecule has 35 heavy (non-hydrogen) atoms. The Morgan fingerprint density at radius 3 is 2.43 bits per heavy atom. The summed E-state index contributed by atoms with van der Waals surface area (Å²) in [5.74, 6) is 0.415. The van der Waals surface area contributed by atoms with Crippen LogP contribution in [-0.4, -0.2) is 61.0 Å². The molecule has 4 aromatic heterocycles. The first kappa shape index (κ1) is 26.2. The van der Waals surface area contributed by atoms with Crippen LogP contribution in [-0.2, 0) is 10.2 Å². The molecule has 186 valence electrons. The number of hydrogen-bond acceptors (Lipinski definition) is 7. The van der Waals surface area contributed by atoms with E-state index in [1.807, 2.05) is 13.8 Å². The lowest BCUT2D eigenvalue weighted by Gasteiger charge is -2.23. The van der Waals surface area contributed by atoms with Gasteiger partial charge in [0.05, 0.1) is 52.3 Å². The van der Waals surface area contributed by atoms with E-state index in [2.05, 4.69) is 30.6 Å². The van der Waals surface area contributed by atoms with Crippen molar-refractivity contribution in [2.24, 2.45) is 0 Å². The van der Waals surface area contributed by atoms with E-state index >= 15 is 0 Å². The van der Waals surface area contributed by atoms with Crippen LogP contribution in [0.5, 0.6) is 0 Å². The van der Waals surface area contributed by atoms with Gasteiger partial charge >= 0.3 is 0 Å². The number of fused-ring (bicyclic) bond motifs is 3. The van der Waals surface area contributed by atoms with E-state index < -0.39 is 11.8 Å². The van der Waals surface area contributed by atoms with Crippen molar-refractivity contribution in [1.82, 2.24) is 34.6 Å². The molecule has 0 spiro atoms. The number of pyridine rings is 1. The maximum absolute atomic E-state index is 13.4. The molecule has 10 nitrogen and oxygen atoms in total. The molecular weight excluding hydrogens is 503 g/mol. The van der Waals surface area contributed by atoms with Gasteiger partial charge in [0.25, 0.3) is 6.43 Å². The fraction of sp³-hybridized carbons (Fsp3) is 0.333. The van der Waals surface area contributed by atoms with E-state index in [9.17, 15) is 13.6 Å². The van der Waals surface area contributed by atoms with Gasteiger partial charge in [-0.2, -0.15) is 15.3 Å². The molecule has 1 aliphatic rings. The maximum Gasteiger partial charge on any atom is 0.251 e. The molecule has 1 atom stereocenters. The van der Waals surface area contributed by atoms with Crippen LogP contribution >= 0.6 is 23.2 Å². The van der Waals surface area contributed by atoms with Crippen molar-refractivity contribution in [1.29, 1.82) is 0 Å². The summed E-state index contributed by atoms with van der Waals surface area (Å²) in [6, 6.07) is 3.13. The number of anilines is 2. The van der Waals surface area contributed by atoms with Gasteiger partial charge in [0.15, 0.2) is 16.6 Å². The fourth-order valence-electron chi connectivity index (χ4n) is 3.59. The monoisotopic (exact) mass is 525 g/mol. The number of alkyl halides is 2. The number of nitrogens with zero attached hydrogens (tertiary/aromatic N) is 8. The second-order valence-corrected chi connectivity index (χ2v) is 8.21. The molecule has 5 rings (SSSR count). The van der Waals surface area contributed by atoms with Crippen molar-refractivity contribution in [2.75, 3.05) is 23.8 Å². The van der Waals surface area contributed by atoms with Crippen LogP contribution in [0.25, 0.3) is 11.5 Å². The number of nitrogens with one attached hydrogen (secondary N) is 1. The number of rotatable bonds is 4. The summed E-state index contributed by atoms with van der Waals surface area (Å²) in [5, 5.41) is 14.9. The van der Waals surface area contributed by atoms with Crippen LogP contribution < -0.4 is 10.2 Å². The molecule has 0 saturated carbocycles. The highest BCUT2D eigenvalue weighted by Crippen LogP contribution is 2.43. The van der Waals surface area contributed by atoms with Crippen molar-refractivity contribution in [3.05, 3.63) is 52.8 Å². The largest absolute Gasteiger partial charge is 0.371 e. The highest BCUT2D eigenvalue weighted by atomic mass is 35.5. The zero-order valence-electron chi connectivity index (χ0n) is 19.3. The summed E-state index contributed by atoms with van der Waals surface area (Å²) in [4.78, 5) is 21.5. The normalized spacial score (nSPS) is 16.3. The first-order valence-electron chi connectivity index (χ1n) is 10.5. The molecule has 1 N–H and O–H groups in total. The van der Waals surface area contributed by atoms with Gasteiger partial charge in [-0.15, -0.1) is 4.80 Å². The van der Waals surface area contributed by atoms with Crippen LogP contribution in [0.15, 0.2) is 36.9 Å². The standard InChI is InChI=1S/C11H11ClF2N4.C8H6ClN5O.C2H6/c1-11(10(13)14)5-17(2)6-4-15-8-3-7(12)16-18(8)9(6)11;9-7-3-6(11-5-15)4-10-8(7)14-12-1-2-13-14;1-2/h3-4,10H,5H2,1-2H3;1-5H,(H,11,15);1-2H3. The summed E-state index contributed by atoms with van der Waals surface area (Å²) in [5.41, 5.74) is 0.884. The summed E-state index contributed by atoms with van der Waals surface area (Å²) in [6.07, 6.45) is 4.19. The van der Waals surface area contributed by atoms with Crippen molar-refractivity contribution in [2.45, 2.75) is 32.6 Å². The molecule has 0 aromatic carbocycles. The van der Waals surface area contributed by atoms with Gasteiger partial charge in [-0.05, 0) is 13.0 Å². The number of halogens is 4. The number of hydrogen-bond donors (Lipinski definition) is 1. The van der Waals surface area contributed by atoms with E-state index in [4.69, 9.17) is 23.2 Å². The number of amides is 1. The predicted octanol–water partition coefficient (Wildman–Crippen LogP) is 4.27. The molecule has 5 heterocycles. The third-order valence-corrected chi connectivity index (χ3v) is 5.55. The highest BCUT2D eigenvalue weighted by molar-refractivity contribution is 6.32. The Kier molecular flexibility index (Phi) is 8.18.